The number of hydrogen-bond donors (Lipinski definition) is 6. The molecule has 0 aromatic rings. The fourth-order valence-electron chi connectivity index (χ4n) is 3.93. The van der Waals surface area contributed by atoms with Crippen LogP contribution >= 0.6 is 22.0 Å². The van der Waals surface area contributed by atoms with E-state index in [0.717, 1.165) is 45.1 Å². The third-order valence-electron chi connectivity index (χ3n) is 6.03. The van der Waals surface area contributed by atoms with Gasteiger partial charge in [-0.15, -0.1) is 12.6 Å². The predicted molar refractivity (Wildman–Crippen MR) is 140 cm³/mol. The molecule has 0 saturated carbocycles. The van der Waals surface area contributed by atoms with Gasteiger partial charge in [-0.3, -0.25) is 10.4 Å². The first kappa shape index (κ1) is 31.6. The van der Waals surface area contributed by atoms with Crippen LogP contribution in [-0.2, 0) is 0 Å². The van der Waals surface area contributed by atoms with E-state index in [1.54, 1.807) is 0 Å². The Balaban J connectivity index is 3.23. The Morgan fingerprint density at radius 3 is 1.45 bits per heavy atom. The number of rotatable bonds is 25. The third-order valence-corrected chi connectivity index (χ3v) is 6.82. The van der Waals surface area contributed by atoms with Crippen LogP contribution < -0.4 is 10.4 Å². The minimum Gasteiger partial charge on any atom is -0.396 e. The van der Waals surface area contributed by atoms with Crippen LogP contribution in [0.3, 0.4) is 0 Å². The summed E-state index contributed by atoms with van der Waals surface area (Å²) in [5.41, 5.74) is -0.639. The molecule has 7 heteroatoms. The van der Waals surface area contributed by atoms with Gasteiger partial charge in [0.1, 0.15) is 11.7 Å². The zero-order valence-corrected chi connectivity index (χ0v) is 22.0. The molecule has 0 fully saturated rings. The summed E-state index contributed by atoms with van der Waals surface area (Å²) in [6.07, 6.45) is 22.6. The lowest BCUT2D eigenvalue weighted by molar-refractivity contribution is 0.123. The van der Waals surface area contributed by atoms with Crippen molar-refractivity contribution in [1.29, 1.82) is 0 Å². The third kappa shape index (κ3) is 23.5. The van der Waals surface area contributed by atoms with E-state index in [4.69, 9.17) is 5.11 Å². The lowest BCUT2D eigenvalue weighted by Gasteiger charge is -2.18. The molecule has 0 aliphatic heterocycles. The highest BCUT2D eigenvalue weighted by molar-refractivity contribution is 7.80. The molecule has 0 rings (SSSR count). The van der Waals surface area contributed by atoms with Crippen LogP contribution in [0, 0.1) is 0 Å². The lowest BCUT2D eigenvalue weighted by atomic mass is 10.0. The van der Waals surface area contributed by atoms with Gasteiger partial charge < -0.3 is 15.3 Å². The van der Waals surface area contributed by atoms with E-state index in [9.17, 15) is 10.2 Å². The molecule has 0 saturated heterocycles. The van der Waals surface area contributed by atoms with Crippen LogP contribution in [0.15, 0.2) is 0 Å². The number of hydrogen-bond acceptors (Lipinski definition) is 6. The first-order chi connectivity index (χ1) is 15.1. The molecule has 0 aliphatic rings. The van der Waals surface area contributed by atoms with Gasteiger partial charge in [0.2, 0.25) is 0 Å². The van der Waals surface area contributed by atoms with Gasteiger partial charge in [0.05, 0.1) is 0 Å². The van der Waals surface area contributed by atoms with Crippen molar-refractivity contribution in [1.82, 2.24) is 10.4 Å². The van der Waals surface area contributed by atoms with E-state index >= 15 is 0 Å². The highest BCUT2D eigenvalue weighted by Crippen LogP contribution is 2.14. The Morgan fingerprint density at radius 2 is 1.03 bits per heavy atom. The SMILES string of the molecule is OCCCCCCCCCCCCCCCCCC(O)NCCCCC(NP)C(O)S. The average molecular weight is 481 g/mol. The Hall–Kier alpha value is 0.580. The van der Waals surface area contributed by atoms with Crippen molar-refractivity contribution in [2.45, 2.75) is 140 Å². The van der Waals surface area contributed by atoms with Crippen LogP contribution in [0.25, 0.3) is 0 Å². The summed E-state index contributed by atoms with van der Waals surface area (Å²) in [6, 6.07) is -0.00329. The fraction of sp³-hybridized carbons (Fsp3) is 1.00. The molecule has 4 unspecified atom stereocenters. The Morgan fingerprint density at radius 1 is 0.613 bits per heavy atom. The van der Waals surface area contributed by atoms with Crippen LogP contribution in [0.4, 0.5) is 0 Å². The second-order valence-electron chi connectivity index (χ2n) is 8.97. The van der Waals surface area contributed by atoms with E-state index in [2.05, 4.69) is 32.4 Å². The molecule has 0 heterocycles. The van der Waals surface area contributed by atoms with Gasteiger partial charge in [-0.1, -0.05) is 99.3 Å². The van der Waals surface area contributed by atoms with Crippen LogP contribution in [0.1, 0.15) is 122 Å². The second kappa shape index (κ2) is 25.2. The van der Waals surface area contributed by atoms with Crippen molar-refractivity contribution in [3.8, 4) is 0 Å². The van der Waals surface area contributed by atoms with E-state index in [-0.39, 0.29) is 12.3 Å². The summed E-state index contributed by atoms with van der Waals surface area (Å²) in [7, 11) is 2.43. The molecule has 4 atom stereocenters. The maximum Gasteiger partial charge on any atom is 0.112 e. The van der Waals surface area contributed by atoms with E-state index in [1.165, 1.54) is 83.5 Å². The first-order valence-electron chi connectivity index (χ1n) is 13.0. The maximum absolute atomic E-state index is 10.0. The summed E-state index contributed by atoms with van der Waals surface area (Å²) in [5.74, 6) is 0. The number of aliphatic hydroxyl groups excluding tert-OH is 3. The Kier molecular flexibility index (Phi) is 25.7. The minimum absolute atomic E-state index is 0.00329. The van der Waals surface area contributed by atoms with Crippen molar-refractivity contribution >= 4 is 22.0 Å². The zero-order chi connectivity index (χ0) is 23.0. The Labute approximate surface area is 200 Å². The Bertz CT molecular complexity index is 355. The van der Waals surface area contributed by atoms with E-state index in [1.807, 2.05) is 0 Å². The van der Waals surface area contributed by atoms with Crippen molar-refractivity contribution in [2.75, 3.05) is 13.2 Å². The summed E-state index contributed by atoms with van der Waals surface area (Å²) in [4.78, 5) is 0. The van der Waals surface area contributed by atoms with Crippen LogP contribution in [0.2, 0.25) is 0 Å². The molecular weight excluding hydrogens is 427 g/mol. The second-order valence-corrected chi connectivity index (χ2v) is 9.83. The summed E-state index contributed by atoms with van der Waals surface area (Å²) < 4.78 is 0. The molecule has 31 heavy (non-hydrogen) atoms. The van der Waals surface area contributed by atoms with Crippen molar-refractivity contribution in [3.63, 3.8) is 0 Å². The quantitative estimate of drug-likeness (QED) is 0.0463. The molecule has 0 bridgehead atoms. The molecule has 0 radical (unpaired) electrons. The smallest absolute Gasteiger partial charge is 0.112 e. The number of thiol groups is 1. The van der Waals surface area contributed by atoms with Gasteiger partial charge in [0.25, 0.3) is 0 Å². The van der Waals surface area contributed by atoms with Gasteiger partial charge in [0, 0.05) is 12.6 Å². The summed E-state index contributed by atoms with van der Waals surface area (Å²) in [5, 5.41) is 34.4. The molecule has 5 N–H and O–H groups in total. The number of nitrogens with one attached hydrogen (secondary N) is 2. The molecule has 0 aliphatic carbocycles. The largest absolute Gasteiger partial charge is 0.396 e. The molecule has 0 spiro atoms. The summed E-state index contributed by atoms with van der Waals surface area (Å²) >= 11 is 4.06. The maximum atomic E-state index is 10.0. The molecule has 5 nitrogen and oxygen atoms in total. The normalized spacial score (nSPS) is 14.6. The molecule has 188 valence electrons. The van der Waals surface area contributed by atoms with Crippen molar-refractivity contribution in [3.05, 3.63) is 0 Å². The monoisotopic (exact) mass is 480 g/mol. The first-order valence-corrected chi connectivity index (χ1v) is 14.1. The van der Waals surface area contributed by atoms with Gasteiger partial charge >= 0.3 is 0 Å². The van der Waals surface area contributed by atoms with Gasteiger partial charge in [-0.25, -0.2) is 0 Å². The highest BCUT2D eigenvalue weighted by atomic mass is 32.1. The molecule has 0 amide bonds. The van der Waals surface area contributed by atoms with E-state index < -0.39 is 5.44 Å². The van der Waals surface area contributed by atoms with Crippen LogP contribution in [-0.4, -0.2) is 46.2 Å². The summed E-state index contributed by atoms with van der Waals surface area (Å²) in [6.45, 7) is 1.17. The molecule has 0 aromatic carbocycles. The van der Waals surface area contributed by atoms with Gasteiger partial charge in [0.15, 0.2) is 0 Å². The predicted octanol–water partition coefficient (Wildman–Crippen LogP) is 5.30. The lowest BCUT2D eigenvalue weighted by Crippen LogP contribution is -2.32. The fourth-order valence-corrected chi connectivity index (χ4v) is 4.67. The van der Waals surface area contributed by atoms with Crippen LogP contribution in [0.5, 0.6) is 0 Å². The zero-order valence-electron chi connectivity index (χ0n) is 19.9. The van der Waals surface area contributed by atoms with Crippen molar-refractivity contribution < 1.29 is 15.3 Å². The van der Waals surface area contributed by atoms with Crippen molar-refractivity contribution in [2.24, 2.45) is 0 Å². The topological polar surface area (TPSA) is 84.8 Å². The molecule has 0 aromatic heterocycles. The van der Waals surface area contributed by atoms with E-state index in [0.29, 0.717) is 6.61 Å². The number of aliphatic hydroxyl groups is 3. The van der Waals surface area contributed by atoms with Gasteiger partial charge in [-0.2, -0.15) is 0 Å². The standard InChI is InChI=1S/C24H53N2O3PS/c27-21-17-13-11-9-7-5-3-1-2-4-6-8-10-12-14-19-23(28)25-20-16-15-18-22(26-30)24(29)31/h22-29,31H,1-21,30H2. The van der Waals surface area contributed by atoms with Gasteiger partial charge in [-0.05, 0) is 38.6 Å². The highest BCUT2D eigenvalue weighted by Gasteiger charge is 2.12. The minimum atomic E-state index is -0.639. The average Bonchev–Trinajstić information content (AvgIpc) is 2.75. The number of unbranched alkanes of at least 4 members (excludes halogenated alkanes) is 15. The molecular formula is C24H53N2O3PS.